The van der Waals surface area contributed by atoms with Crippen LogP contribution in [0, 0.1) is 5.82 Å². The molecule has 1 N–H and O–H groups in total. The molecule has 1 aliphatic heterocycles. The molecular formula is C20H18FNO6S3. The van der Waals surface area contributed by atoms with Crippen LogP contribution in [0.3, 0.4) is 0 Å². The molecule has 1 atom stereocenters. The van der Waals surface area contributed by atoms with E-state index in [9.17, 15) is 21.2 Å². The molecule has 0 saturated heterocycles. The standard InChI is InChI=1S/C20H18FNO6S3/c21-15-5-3-14(4-6-15)19(30(23,24)20-2-1-11-29-20)13-22-31(25,26)16-7-8-17-18(12-16)28-10-9-27-17/h1-8,11-12,19,22H,9-10,13H2/t19-/m0/s1. The first-order valence-corrected chi connectivity index (χ1v) is 13.1. The smallest absolute Gasteiger partial charge is 0.240 e. The average molecular weight is 484 g/mol. The second-order valence-electron chi connectivity index (χ2n) is 6.67. The number of sulfonamides is 1. The van der Waals surface area contributed by atoms with Crippen LogP contribution in [0.1, 0.15) is 10.8 Å². The molecule has 2 aromatic carbocycles. The molecule has 2 heterocycles. The molecule has 7 nitrogen and oxygen atoms in total. The number of halogens is 1. The monoisotopic (exact) mass is 483 g/mol. The molecule has 0 radical (unpaired) electrons. The second-order valence-corrected chi connectivity index (χ2v) is 11.7. The zero-order valence-corrected chi connectivity index (χ0v) is 18.5. The average Bonchev–Trinajstić information content (AvgIpc) is 3.30. The molecule has 1 aliphatic rings. The molecule has 0 fully saturated rings. The van der Waals surface area contributed by atoms with E-state index in [2.05, 4.69) is 4.72 Å². The zero-order chi connectivity index (χ0) is 22.1. The number of fused-ring (bicyclic) bond motifs is 1. The van der Waals surface area contributed by atoms with Crippen molar-refractivity contribution in [2.45, 2.75) is 14.4 Å². The predicted molar refractivity (Wildman–Crippen MR) is 113 cm³/mol. The fourth-order valence-electron chi connectivity index (χ4n) is 3.11. The summed E-state index contributed by atoms with van der Waals surface area (Å²) < 4.78 is 78.7. The van der Waals surface area contributed by atoms with E-state index in [0.717, 1.165) is 23.5 Å². The van der Waals surface area contributed by atoms with Crippen molar-refractivity contribution < 1.29 is 30.7 Å². The molecule has 164 valence electrons. The van der Waals surface area contributed by atoms with Gasteiger partial charge in [-0.15, -0.1) is 11.3 Å². The summed E-state index contributed by atoms with van der Waals surface area (Å²) in [6.45, 7) is 0.246. The number of rotatable bonds is 7. The Morgan fingerprint density at radius 3 is 2.35 bits per heavy atom. The maximum Gasteiger partial charge on any atom is 0.240 e. The minimum Gasteiger partial charge on any atom is -0.486 e. The molecule has 1 aromatic heterocycles. The highest BCUT2D eigenvalue weighted by atomic mass is 32.2. The zero-order valence-electron chi connectivity index (χ0n) is 16.0. The van der Waals surface area contributed by atoms with Crippen molar-refractivity contribution >= 4 is 31.2 Å². The van der Waals surface area contributed by atoms with Gasteiger partial charge in [-0.05, 0) is 41.3 Å². The quantitative estimate of drug-likeness (QED) is 0.554. The van der Waals surface area contributed by atoms with Crippen LogP contribution in [0.4, 0.5) is 4.39 Å². The van der Waals surface area contributed by atoms with Crippen LogP contribution in [-0.4, -0.2) is 36.6 Å². The molecular weight excluding hydrogens is 465 g/mol. The van der Waals surface area contributed by atoms with Gasteiger partial charge in [0.05, 0.1) is 4.90 Å². The third-order valence-electron chi connectivity index (χ3n) is 4.67. The van der Waals surface area contributed by atoms with Gasteiger partial charge in [-0.25, -0.2) is 25.9 Å². The minimum absolute atomic E-state index is 0.0804. The van der Waals surface area contributed by atoms with Gasteiger partial charge in [0.15, 0.2) is 21.3 Å². The van der Waals surface area contributed by atoms with E-state index in [4.69, 9.17) is 9.47 Å². The van der Waals surface area contributed by atoms with Gasteiger partial charge in [0, 0.05) is 12.6 Å². The van der Waals surface area contributed by atoms with Crippen molar-refractivity contribution in [3.05, 3.63) is 71.4 Å². The Kier molecular flexibility index (Phi) is 6.02. The number of benzene rings is 2. The van der Waals surface area contributed by atoms with E-state index in [-0.39, 0.29) is 14.7 Å². The van der Waals surface area contributed by atoms with Crippen molar-refractivity contribution in [2.75, 3.05) is 19.8 Å². The topological polar surface area (TPSA) is 98.8 Å². The fourth-order valence-corrected chi connectivity index (χ4v) is 7.14. The normalized spacial score (nSPS) is 14.9. The highest BCUT2D eigenvalue weighted by Gasteiger charge is 2.32. The van der Waals surface area contributed by atoms with Crippen molar-refractivity contribution in [1.29, 1.82) is 0 Å². The minimum atomic E-state index is -4.05. The fraction of sp³-hybridized carbons (Fsp3) is 0.200. The van der Waals surface area contributed by atoms with E-state index in [1.165, 1.54) is 36.4 Å². The summed E-state index contributed by atoms with van der Waals surface area (Å²) in [5.74, 6) is 0.220. The van der Waals surface area contributed by atoms with Gasteiger partial charge < -0.3 is 9.47 Å². The maximum absolute atomic E-state index is 13.4. The lowest BCUT2D eigenvalue weighted by molar-refractivity contribution is 0.171. The first-order valence-electron chi connectivity index (χ1n) is 9.19. The number of hydrogen-bond donors (Lipinski definition) is 1. The highest BCUT2D eigenvalue weighted by molar-refractivity contribution is 7.93. The summed E-state index contributed by atoms with van der Waals surface area (Å²) in [5.41, 5.74) is 0.277. The van der Waals surface area contributed by atoms with Crippen LogP contribution in [0.15, 0.2) is 69.1 Å². The lowest BCUT2D eigenvalue weighted by Crippen LogP contribution is -2.32. The molecule has 31 heavy (non-hydrogen) atoms. The summed E-state index contributed by atoms with van der Waals surface area (Å²) in [5, 5.41) is 0.382. The summed E-state index contributed by atoms with van der Waals surface area (Å²) in [7, 11) is -7.97. The van der Waals surface area contributed by atoms with Gasteiger partial charge in [0.1, 0.15) is 28.5 Å². The van der Waals surface area contributed by atoms with Gasteiger partial charge in [-0.2, -0.15) is 0 Å². The molecule has 0 amide bonds. The summed E-state index contributed by atoms with van der Waals surface area (Å²) in [6, 6.07) is 12.2. The van der Waals surface area contributed by atoms with Gasteiger partial charge in [0.25, 0.3) is 0 Å². The lowest BCUT2D eigenvalue weighted by atomic mass is 10.1. The molecule has 0 unspecified atom stereocenters. The molecule has 0 aliphatic carbocycles. The Morgan fingerprint density at radius 2 is 1.68 bits per heavy atom. The van der Waals surface area contributed by atoms with Gasteiger partial charge >= 0.3 is 0 Å². The van der Waals surface area contributed by atoms with E-state index >= 15 is 0 Å². The van der Waals surface area contributed by atoms with Crippen LogP contribution >= 0.6 is 11.3 Å². The van der Waals surface area contributed by atoms with Crippen molar-refractivity contribution in [2.24, 2.45) is 0 Å². The second kappa shape index (κ2) is 8.58. The van der Waals surface area contributed by atoms with Gasteiger partial charge in [0.2, 0.25) is 10.0 Å². The van der Waals surface area contributed by atoms with E-state index in [0.29, 0.717) is 24.7 Å². The number of sulfone groups is 1. The summed E-state index contributed by atoms with van der Waals surface area (Å²) in [4.78, 5) is -0.0804. The summed E-state index contributed by atoms with van der Waals surface area (Å²) >= 11 is 1.03. The van der Waals surface area contributed by atoms with E-state index in [1.54, 1.807) is 11.4 Å². The molecule has 3 aromatic rings. The third kappa shape index (κ3) is 4.59. The van der Waals surface area contributed by atoms with Crippen LogP contribution in [0.5, 0.6) is 11.5 Å². The Morgan fingerprint density at radius 1 is 0.968 bits per heavy atom. The molecule has 0 bridgehead atoms. The maximum atomic E-state index is 13.4. The number of thiophene rings is 1. The first-order chi connectivity index (χ1) is 14.8. The Bertz CT molecular complexity index is 1270. The van der Waals surface area contributed by atoms with Gasteiger partial charge in [-0.1, -0.05) is 18.2 Å². The number of hydrogen-bond acceptors (Lipinski definition) is 7. The van der Waals surface area contributed by atoms with Crippen LogP contribution in [0.25, 0.3) is 0 Å². The van der Waals surface area contributed by atoms with Crippen LogP contribution in [-0.2, 0) is 19.9 Å². The predicted octanol–water partition coefficient (Wildman–Crippen LogP) is 3.15. The highest BCUT2D eigenvalue weighted by Crippen LogP contribution is 2.34. The number of nitrogens with one attached hydrogen (secondary N) is 1. The van der Waals surface area contributed by atoms with Crippen LogP contribution in [0.2, 0.25) is 0 Å². The SMILES string of the molecule is O=S(=O)(NC[C@@H](c1ccc(F)cc1)S(=O)(=O)c1cccs1)c1ccc2c(c1)OCCO2. The molecule has 0 saturated carbocycles. The Hall–Kier alpha value is -2.47. The van der Waals surface area contributed by atoms with Gasteiger partial charge in [-0.3, -0.25) is 0 Å². The van der Waals surface area contributed by atoms with Crippen molar-refractivity contribution in [3.63, 3.8) is 0 Å². The van der Waals surface area contributed by atoms with Crippen LogP contribution < -0.4 is 14.2 Å². The molecule has 4 rings (SSSR count). The summed E-state index contributed by atoms with van der Waals surface area (Å²) in [6.07, 6.45) is 0. The van der Waals surface area contributed by atoms with Crippen molar-refractivity contribution in [3.8, 4) is 11.5 Å². The Balaban J connectivity index is 1.63. The largest absolute Gasteiger partial charge is 0.486 e. The van der Waals surface area contributed by atoms with E-state index in [1.807, 2.05) is 0 Å². The Labute approximate surface area is 183 Å². The number of ether oxygens (including phenoxy) is 2. The third-order valence-corrected chi connectivity index (χ3v) is 9.63. The van der Waals surface area contributed by atoms with E-state index < -0.39 is 37.5 Å². The molecule has 11 heteroatoms. The lowest BCUT2D eigenvalue weighted by Gasteiger charge is -2.20. The first kappa shape index (κ1) is 21.8. The van der Waals surface area contributed by atoms with Crippen molar-refractivity contribution in [1.82, 2.24) is 4.72 Å². The molecule has 0 spiro atoms.